The molecule has 0 aliphatic carbocycles. The lowest BCUT2D eigenvalue weighted by Crippen LogP contribution is -2.44. The van der Waals surface area contributed by atoms with E-state index in [1.54, 1.807) is 0 Å². The number of benzene rings is 2. The van der Waals surface area contributed by atoms with Gasteiger partial charge in [0.1, 0.15) is 0 Å². The quantitative estimate of drug-likeness (QED) is 0.822. The molecule has 0 bridgehead atoms. The number of nitrogens with zero attached hydrogens (tertiary/aromatic N) is 2. The van der Waals surface area contributed by atoms with Crippen molar-refractivity contribution >= 4 is 33.2 Å². The molecule has 3 N–H and O–H groups in total. The highest BCUT2D eigenvalue weighted by Crippen LogP contribution is 2.31. The molecule has 0 atom stereocenters. The molecule has 0 radical (unpaired) electrons. The molecule has 144 valence electrons. The van der Waals surface area contributed by atoms with Gasteiger partial charge in [-0.2, -0.15) is 12.7 Å². The van der Waals surface area contributed by atoms with Gasteiger partial charge in [-0.1, -0.05) is 30.3 Å². The maximum absolute atomic E-state index is 12.7. The summed E-state index contributed by atoms with van der Waals surface area (Å²) in [7, 11) is -1.74. The first kappa shape index (κ1) is 19.3. The third kappa shape index (κ3) is 4.65. The summed E-state index contributed by atoms with van der Waals surface area (Å²) in [6, 6.07) is 17.5. The van der Waals surface area contributed by atoms with Crippen molar-refractivity contribution in [1.29, 1.82) is 0 Å². The molecule has 2 aromatic carbocycles. The zero-order chi connectivity index (χ0) is 19.4. The number of carbonyl (C=O) groups excluding carboxylic acids is 1. The summed E-state index contributed by atoms with van der Waals surface area (Å²) in [5.41, 5.74) is 2.63. The molecule has 1 fully saturated rings. The van der Waals surface area contributed by atoms with Crippen molar-refractivity contribution in [1.82, 2.24) is 4.31 Å². The van der Waals surface area contributed by atoms with E-state index < -0.39 is 10.2 Å². The number of para-hydroxylation sites is 3. The van der Waals surface area contributed by atoms with Crippen LogP contribution >= 0.6 is 0 Å². The van der Waals surface area contributed by atoms with Gasteiger partial charge in [-0.05, 0) is 37.1 Å². The van der Waals surface area contributed by atoms with Crippen LogP contribution in [0.25, 0.3) is 0 Å². The molecule has 3 rings (SSSR count). The number of rotatable bonds is 5. The van der Waals surface area contributed by atoms with Gasteiger partial charge in [0, 0.05) is 31.7 Å². The van der Waals surface area contributed by atoms with Gasteiger partial charge in [-0.3, -0.25) is 4.79 Å². The molecular weight excluding hydrogens is 364 g/mol. The second-order valence-electron chi connectivity index (χ2n) is 6.62. The second-order valence-corrected chi connectivity index (χ2v) is 8.17. The predicted molar refractivity (Wildman–Crippen MR) is 107 cm³/mol. The fraction of sp³-hybridized carbons (Fsp3) is 0.316. The van der Waals surface area contributed by atoms with Crippen LogP contribution < -0.4 is 15.4 Å². The highest BCUT2D eigenvalue weighted by atomic mass is 32.2. The minimum Gasteiger partial charge on any atom is -0.343 e. The Morgan fingerprint density at radius 2 is 1.67 bits per heavy atom. The van der Waals surface area contributed by atoms with Crippen molar-refractivity contribution in [3.8, 4) is 0 Å². The van der Waals surface area contributed by atoms with Crippen LogP contribution in [0.2, 0.25) is 0 Å². The first-order chi connectivity index (χ1) is 12.9. The highest BCUT2D eigenvalue weighted by molar-refractivity contribution is 7.86. The molecule has 0 unspecified atom stereocenters. The Morgan fingerprint density at radius 1 is 1.07 bits per heavy atom. The predicted octanol–water partition coefficient (Wildman–Crippen LogP) is 2.31. The number of anilines is 3. The second kappa shape index (κ2) is 8.08. The lowest BCUT2D eigenvalue weighted by Gasteiger charge is -2.29. The van der Waals surface area contributed by atoms with E-state index in [4.69, 9.17) is 5.14 Å². The summed E-state index contributed by atoms with van der Waals surface area (Å²) in [6.45, 7) is 0.533. The maximum atomic E-state index is 12.7. The number of nitrogens with one attached hydrogen (secondary N) is 1. The van der Waals surface area contributed by atoms with Crippen LogP contribution in [0.4, 0.5) is 17.1 Å². The lowest BCUT2D eigenvalue weighted by atomic mass is 9.97. The minimum atomic E-state index is -3.69. The molecule has 1 aliphatic rings. The van der Waals surface area contributed by atoms with E-state index in [9.17, 15) is 13.2 Å². The topological polar surface area (TPSA) is 95.7 Å². The Morgan fingerprint density at radius 3 is 2.30 bits per heavy atom. The summed E-state index contributed by atoms with van der Waals surface area (Å²) in [6.07, 6.45) is 0.915. The molecule has 1 saturated heterocycles. The average molecular weight is 388 g/mol. The van der Waals surface area contributed by atoms with Crippen LogP contribution in [0, 0.1) is 5.92 Å². The third-order valence-corrected chi connectivity index (χ3v) is 5.94. The van der Waals surface area contributed by atoms with Gasteiger partial charge >= 0.3 is 0 Å². The van der Waals surface area contributed by atoms with Crippen LogP contribution in [0.15, 0.2) is 54.6 Å². The van der Waals surface area contributed by atoms with Gasteiger partial charge < -0.3 is 10.2 Å². The largest absolute Gasteiger partial charge is 0.343 e. The summed E-state index contributed by atoms with van der Waals surface area (Å²) < 4.78 is 24.0. The molecule has 27 heavy (non-hydrogen) atoms. The fourth-order valence-electron chi connectivity index (χ4n) is 3.27. The van der Waals surface area contributed by atoms with Crippen molar-refractivity contribution < 1.29 is 13.2 Å². The summed E-state index contributed by atoms with van der Waals surface area (Å²) in [4.78, 5) is 14.7. The Labute approximate surface area is 160 Å². The number of nitrogens with two attached hydrogens (primary N) is 1. The van der Waals surface area contributed by atoms with Gasteiger partial charge in [0.05, 0.1) is 11.4 Å². The third-order valence-electron chi connectivity index (χ3n) is 4.85. The van der Waals surface area contributed by atoms with E-state index in [2.05, 4.69) is 5.32 Å². The maximum Gasteiger partial charge on any atom is 0.276 e. The molecule has 1 amide bonds. The molecule has 8 heteroatoms. The number of carbonyl (C=O) groups is 1. The van der Waals surface area contributed by atoms with Crippen LogP contribution in [-0.4, -0.2) is 38.8 Å². The normalized spacial score (nSPS) is 16.1. The number of hydrogen-bond acceptors (Lipinski definition) is 4. The summed E-state index contributed by atoms with van der Waals surface area (Å²) >= 11 is 0. The average Bonchev–Trinajstić information content (AvgIpc) is 2.68. The first-order valence-electron chi connectivity index (χ1n) is 8.83. The molecule has 1 heterocycles. The van der Waals surface area contributed by atoms with E-state index in [0.29, 0.717) is 12.8 Å². The monoisotopic (exact) mass is 388 g/mol. The molecule has 2 aromatic rings. The van der Waals surface area contributed by atoms with Gasteiger partial charge in [-0.15, -0.1) is 0 Å². The van der Waals surface area contributed by atoms with E-state index >= 15 is 0 Å². The van der Waals surface area contributed by atoms with Crippen molar-refractivity contribution in [2.24, 2.45) is 11.1 Å². The molecule has 1 aliphatic heterocycles. The molecular formula is C19H24N4O3S. The SMILES string of the molecule is CN(c1ccccc1)c1ccccc1NC(=O)C1CCN(S(N)(=O)=O)CC1. The molecule has 0 saturated carbocycles. The first-order valence-corrected chi connectivity index (χ1v) is 10.3. The smallest absolute Gasteiger partial charge is 0.276 e. The van der Waals surface area contributed by atoms with Gasteiger partial charge in [-0.25, -0.2) is 5.14 Å². The van der Waals surface area contributed by atoms with E-state index in [-0.39, 0.29) is 24.9 Å². The van der Waals surface area contributed by atoms with Crippen LogP contribution in [0.5, 0.6) is 0 Å². The van der Waals surface area contributed by atoms with Crippen molar-refractivity contribution in [2.45, 2.75) is 12.8 Å². The zero-order valence-electron chi connectivity index (χ0n) is 15.2. The van der Waals surface area contributed by atoms with Gasteiger partial charge in [0.2, 0.25) is 5.91 Å². The van der Waals surface area contributed by atoms with E-state index in [1.807, 2.05) is 66.5 Å². The van der Waals surface area contributed by atoms with Crippen molar-refractivity contribution in [2.75, 3.05) is 30.4 Å². The molecule has 0 aromatic heterocycles. The van der Waals surface area contributed by atoms with Gasteiger partial charge in [0.25, 0.3) is 10.2 Å². The Kier molecular flexibility index (Phi) is 5.79. The van der Waals surface area contributed by atoms with E-state index in [1.165, 1.54) is 4.31 Å². The van der Waals surface area contributed by atoms with E-state index in [0.717, 1.165) is 17.1 Å². The van der Waals surface area contributed by atoms with Crippen LogP contribution in [0.1, 0.15) is 12.8 Å². The standard InChI is InChI=1S/C19H24N4O3S/c1-22(16-7-3-2-4-8-16)18-10-6-5-9-17(18)21-19(24)15-11-13-23(14-12-15)27(20,25)26/h2-10,15H,11-14H2,1H3,(H,21,24)(H2,20,25,26). The Hall–Kier alpha value is -2.42. The minimum absolute atomic E-state index is 0.0991. The van der Waals surface area contributed by atoms with Crippen molar-refractivity contribution in [3.63, 3.8) is 0 Å². The lowest BCUT2D eigenvalue weighted by molar-refractivity contribution is -0.120. The number of piperidine rings is 1. The molecule has 7 nitrogen and oxygen atoms in total. The van der Waals surface area contributed by atoms with Crippen molar-refractivity contribution in [3.05, 3.63) is 54.6 Å². The summed E-state index contributed by atoms with van der Waals surface area (Å²) in [5.74, 6) is -0.337. The van der Waals surface area contributed by atoms with Gasteiger partial charge in [0.15, 0.2) is 0 Å². The number of hydrogen-bond donors (Lipinski definition) is 2. The van der Waals surface area contributed by atoms with Crippen LogP contribution in [-0.2, 0) is 15.0 Å². The Bertz CT molecular complexity index is 894. The highest BCUT2D eigenvalue weighted by Gasteiger charge is 2.29. The Balaban J connectivity index is 1.71. The summed E-state index contributed by atoms with van der Waals surface area (Å²) in [5, 5.41) is 8.16. The molecule has 0 spiro atoms. The van der Waals surface area contributed by atoms with Crippen LogP contribution in [0.3, 0.4) is 0 Å². The fourth-order valence-corrected chi connectivity index (χ4v) is 3.99. The number of amides is 1. The zero-order valence-corrected chi connectivity index (χ0v) is 16.0.